The van der Waals surface area contributed by atoms with Gasteiger partial charge in [0.05, 0.1) is 11.4 Å². The summed E-state index contributed by atoms with van der Waals surface area (Å²) < 4.78 is 0. The molecule has 0 spiro atoms. The van der Waals surface area contributed by atoms with E-state index in [4.69, 9.17) is 10.8 Å². The quantitative estimate of drug-likeness (QED) is 0.751. The fourth-order valence-electron chi connectivity index (χ4n) is 1.83. The number of nitrogens with zero attached hydrogens (tertiary/aromatic N) is 1. The van der Waals surface area contributed by atoms with Gasteiger partial charge < -0.3 is 15.7 Å². The molecule has 0 atom stereocenters. The Labute approximate surface area is 97.9 Å². The van der Waals surface area contributed by atoms with Crippen molar-refractivity contribution < 1.29 is 5.11 Å². The highest BCUT2D eigenvalue weighted by Crippen LogP contribution is 2.26. The number of nitrogen functional groups attached to an aromatic ring is 1. The van der Waals surface area contributed by atoms with E-state index in [9.17, 15) is 0 Å². The fourth-order valence-corrected chi connectivity index (χ4v) is 1.83. The maximum atomic E-state index is 8.90. The van der Waals surface area contributed by atoms with Crippen LogP contribution in [0, 0.1) is 6.92 Å². The van der Waals surface area contributed by atoms with Crippen LogP contribution in [0.15, 0.2) is 18.2 Å². The van der Waals surface area contributed by atoms with E-state index < -0.39 is 0 Å². The van der Waals surface area contributed by atoms with Gasteiger partial charge in [-0.3, -0.25) is 0 Å². The number of aliphatic hydroxyl groups excluding tert-OH is 1. The van der Waals surface area contributed by atoms with E-state index in [1.807, 2.05) is 13.0 Å². The van der Waals surface area contributed by atoms with Crippen LogP contribution < -0.4 is 10.6 Å². The lowest BCUT2D eigenvalue weighted by atomic mass is 10.1. The van der Waals surface area contributed by atoms with E-state index in [2.05, 4.69) is 30.9 Å². The molecule has 90 valence electrons. The summed E-state index contributed by atoms with van der Waals surface area (Å²) in [4.78, 5) is 2.23. The molecule has 3 heteroatoms. The molecule has 16 heavy (non-hydrogen) atoms. The molecule has 0 aliphatic heterocycles. The molecule has 0 unspecified atom stereocenters. The molecule has 1 aromatic carbocycles. The number of hydrogen-bond donors (Lipinski definition) is 2. The summed E-state index contributed by atoms with van der Waals surface area (Å²) in [6, 6.07) is 6.50. The first kappa shape index (κ1) is 12.8. The summed E-state index contributed by atoms with van der Waals surface area (Å²) in [6.07, 6.45) is 0.769. The van der Waals surface area contributed by atoms with Crippen LogP contribution in [0.2, 0.25) is 0 Å². The van der Waals surface area contributed by atoms with Gasteiger partial charge in [0.2, 0.25) is 0 Å². The third-order valence-corrected chi connectivity index (χ3v) is 2.67. The van der Waals surface area contributed by atoms with E-state index in [0.717, 1.165) is 24.3 Å². The molecule has 3 nitrogen and oxygen atoms in total. The van der Waals surface area contributed by atoms with Crippen molar-refractivity contribution in [1.29, 1.82) is 0 Å². The fraction of sp³-hybridized carbons (Fsp3) is 0.538. The second kappa shape index (κ2) is 5.75. The molecule has 0 saturated heterocycles. The Hall–Kier alpha value is -1.22. The standard InChI is InChI=1S/C13H22N2O/c1-10(2)15(7-4-8-16)13-6-5-11(3)9-12(13)14/h5-6,9-10,16H,4,7-8,14H2,1-3H3. The van der Waals surface area contributed by atoms with Crippen LogP contribution in [-0.4, -0.2) is 24.3 Å². The second-order valence-corrected chi connectivity index (χ2v) is 4.43. The zero-order valence-corrected chi connectivity index (χ0v) is 10.4. The van der Waals surface area contributed by atoms with Crippen molar-refractivity contribution in [2.75, 3.05) is 23.8 Å². The molecule has 0 aliphatic rings. The summed E-state index contributed by atoms with van der Waals surface area (Å²) in [5.74, 6) is 0. The monoisotopic (exact) mass is 222 g/mol. The highest BCUT2D eigenvalue weighted by molar-refractivity contribution is 5.68. The van der Waals surface area contributed by atoms with Gasteiger partial charge >= 0.3 is 0 Å². The molecule has 0 amide bonds. The minimum absolute atomic E-state index is 0.217. The van der Waals surface area contributed by atoms with Crippen molar-refractivity contribution in [2.24, 2.45) is 0 Å². The van der Waals surface area contributed by atoms with Crippen LogP contribution in [0.4, 0.5) is 11.4 Å². The molecule has 0 aromatic heterocycles. The lowest BCUT2D eigenvalue weighted by molar-refractivity contribution is 0.288. The van der Waals surface area contributed by atoms with Gasteiger partial charge in [-0.1, -0.05) is 6.07 Å². The minimum Gasteiger partial charge on any atom is -0.397 e. The first-order valence-corrected chi connectivity index (χ1v) is 5.80. The summed E-state index contributed by atoms with van der Waals surface area (Å²) in [7, 11) is 0. The van der Waals surface area contributed by atoms with Crippen molar-refractivity contribution in [2.45, 2.75) is 33.2 Å². The summed E-state index contributed by atoms with van der Waals surface area (Å²) in [6.45, 7) is 7.36. The van der Waals surface area contributed by atoms with Crippen LogP contribution in [0.25, 0.3) is 0 Å². The predicted molar refractivity (Wildman–Crippen MR) is 69.8 cm³/mol. The average Bonchev–Trinajstić information content (AvgIpc) is 2.20. The van der Waals surface area contributed by atoms with Crippen molar-refractivity contribution in [3.63, 3.8) is 0 Å². The van der Waals surface area contributed by atoms with Crippen molar-refractivity contribution >= 4 is 11.4 Å². The Morgan fingerprint density at radius 1 is 1.38 bits per heavy atom. The third kappa shape index (κ3) is 3.14. The lowest BCUT2D eigenvalue weighted by Gasteiger charge is -2.30. The summed E-state index contributed by atoms with van der Waals surface area (Å²) >= 11 is 0. The highest BCUT2D eigenvalue weighted by atomic mass is 16.3. The van der Waals surface area contributed by atoms with Crippen molar-refractivity contribution in [3.8, 4) is 0 Å². The molecule has 0 radical (unpaired) electrons. The van der Waals surface area contributed by atoms with Gasteiger partial charge in [0, 0.05) is 19.2 Å². The van der Waals surface area contributed by atoms with Gasteiger partial charge in [-0.25, -0.2) is 0 Å². The smallest absolute Gasteiger partial charge is 0.0602 e. The molecule has 0 saturated carbocycles. The first-order valence-electron chi connectivity index (χ1n) is 5.80. The van der Waals surface area contributed by atoms with E-state index in [0.29, 0.717) is 6.04 Å². The molecular formula is C13H22N2O. The number of aliphatic hydroxyl groups is 1. The molecule has 0 heterocycles. The molecule has 1 rings (SSSR count). The van der Waals surface area contributed by atoms with Crippen molar-refractivity contribution in [1.82, 2.24) is 0 Å². The SMILES string of the molecule is Cc1ccc(N(CCCO)C(C)C)c(N)c1. The van der Waals surface area contributed by atoms with E-state index >= 15 is 0 Å². The molecule has 1 aromatic rings. The van der Waals surface area contributed by atoms with Gasteiger partial charge in [-0.05, 0) is 44.9 Å². The number of hydrogen-bond acceptors (Lipinski definition) is 3. The summed E-state index contributed by atoms with van der Waals surface area (Å²) in [5.41, 5.74) is 9.08. The number of nitrogens with two attached hydrogens (primary N) is 1. The van der Waals surface area contributed by atoms with E-state index in [1.54, 1.807) is 0 Å². The Morgan fingerprint density at radius 3 is 2.56 bits per heavy atom. The zero-order valence-electron chi connectivity index (χ0n) is 10.4. The maximum absolute atomic E-state index is 8.90. The zero-order chi connectivity index (χ0) is 12.1. The van der Waals surface area contributed by atoms with Gasteiger partial charge in [0.1, 0.15) is 0 Å². The van der Waals surface area contributed by atoms with Crippen LogP contribution in [0.5, 0.6) is 0 Å². The van der Waals surface area contributed by atoms with Gasteiger partial charge in [0.25, 0.3) is 0 Å². The molecular weight excluding hydrogens is 200 g/mol. The van der Waals surface area contributed by atoms with E-state index in [1.165, 1.54) is 5.56 Å². The molecule has 0 aliphatic carbocycles. The van der Waals surface area contributed by atoms with Crippen LogP contribution >= 0.6 is 0 Å². The first-order chi connectivity index (χ1) is 7.56. The topological polar surface area (TPSA) is 49.5 Å². The lowest BCUT2D eigenvalue weighted by Crippen LogP contribution is -2.32. The van der Waals surface area contributed by atoms with Crippen molar-refractivity contribution in [3.05, 3.63) is 23.8 Å². The van der Waals surface area contributed by atoms with Crippen LogP contribution in [0.3, 0.4) is 0 Å². The third-order valence-electron chi connectivity index (χ3n) is 2.67. The highest BCUT2D eigenvalue weighted by Gasteiger charge is 2.12. The molecule has 0 bridgehead atoms. The largest absolute Gasteiger partial charge is 0.397 e. The van der Waals surface area contributed by atoms with Gasteiger partial charge in [-0.2, -0.15) is 0 Å². The molecule has 0 fully saturated rings. The Balaban J connectivity index is 2.92. The predicted octanol–water partition coefficient (Wildman–Crippen LogP) is 2.17. The van der Waals surface area contributed by atoms with E-state index in [-0.39, 0.29) is 6.61 Å². The van der Waals surface area contributed by atoms with Gasteiger partial charge in [-0.15, -0.1) is 0 Å². The second-order valence-electron chi connectivity index (χ2n) is 4.43. The Morgan fingerprint density at radius 2 is 2.06 bits per heavy atom. The average molecular weight is 222 g/mol. The van der Waals surface area contributed by atoms with Crippen LogP contribution in [-0.2, 0) is 0 Å². The Bertz CT molecular complexity index is 337. The maximum Gasteiger partial charge on any atom is 0.0602 e. The minimum atomic E-state index is 0.217. The Kier molecular flexibility index (Phi) is 4.62. The number of anilines is 2. The molecule has 3 N–H and O–H groups in total. The number of benzene rings is 1. The van der Waals surface area contributed by atoms with Crippen LogP contribution in [0.1, 0.15) is 25.8 Å². The van der Waals surface area contributed by atoms with Gasteiger partial charge in [0.15, 0.2) is 0 Å². The normalized spacial score (nSPS) is 10.8. The number of rotatable bonds is 5. The summed E-state index contributed by atoms with van der Waals surface area (Å²) in [5, 5.41) is 8.90. The number of aryl methyl sites for hydroxylation is 1.